The molecule has 2 aromatic carbocycles. The van der Waals surface area contributed by atoms with Crippen molar-refractivity contribution in [3.8, 4) is 11.5 Å². The molecule has 1 aliphatic rings. The van der Waals surface area contributed by atoms with E-state index in [2.05, 4.69) is 11.4 Å². The van der Waals surface area contributed by atoms with E-state index >= 15 is 0 Å². The lowest BCUT2D eigenvalue weighted by molar-refractivity contribution is 0.471. The molecule has 0 saturated heterocycles. The van der Waals surface area contributed by atoms with Crippen LogP contribution in [0, 0.1) is 5.82 Å². The number of para-hydroxylation sites is 1. The van der Waals surface area contributed by atoms with E-state index < -0.39 is 0 Å². The fourth-order valence-corrected chi connectivity index (χ4v) is 2.63. The average Bonchev–Trinajstić information content (AvgIpc) is 2.55. The molecule has 19 heavy (non-hydrogen) atoms. The zero-order chi connectivity index (χ0) is 13.2. The molecule has 0 aromatic heterocycles. The molecule has 1 heterocycles. The molecule has 0 fully saturated rings. The van der Waals surface area contributed by atoms with E-state index in [9.17, 15) is 4.39 Å². The SMILES string of the molecule is CNC[C@@H]1Cc2ccccc2Oc2cc(F)ccc21. The fourth-order valence-electron chi connectivity index (χ4n) is 2.63. The predicted molar refractivity (Wildman–Crippen MR) is 73.3 cm³/mol. The van der Waals surface area contributed by atoms with Gasteiger partial charge in [-0.15, -0.1) is 0 Å². The molecule has 0 saturated carbocycles. The Hall–Kier alpha value is -1.87. The van der Waals surface area contributed by atoms with E-state index in [1.807, 2.05) is 31.3 Å². The minimum atomic E-state index is -0.263. The molecule has 0 amide bonds. The van der Waals surface area contributed by atoms with Gasteiger partial charge in [0, 0.05) is 18.5 Å². The first-order chi connectivity index (χ1) is 9.28. The number of benzene rings is 2. The first-order valence-corrected chi connectivity index (χ1v) is 6.47. The van der Waals surface area contributed by atoms with Crippen molar-refractivity contribution in [3.05, 3.63) is 59.4 Å². The highest BCUT2D eigenvalue weighted by atomic mass is 19.1. The number of ether oxygens (including phenoxy) is 1. The standard InChI is InChI=1S/C16H16FNO/c1-18-10-12-8-11-4-2-3-5-15(11)19-16-9-13(17)6-7-14(12)16/h2-7,9,12,18H,8,10H2,1H3/t12-/m0/s1. The molecule has 2 aromatic rings. The zero-order valence-corrected chi connectivity index (χ0v) is 10.8. The quantitative estimate of drug-likeness (QED) is 0.889. The Labute approximate surface area is 112 Å². The first kappa shape index (κ1) is 12.2. The maximum absolute atomic E-state index is 13.4. The third-order valence-corrected chi connectivity index (χ3v) is 3.52. The highest BCUT2D eigenvalue weighted by Crippen LogP contribution is 2.39. The molecule has 0 aliphatic carbocycles. The highest BCUT2D eigenvalue weighted by molar-refractivity contribution is 5.47. The fraction of sp³-hybridized carbons (Fsp3) is 0.250. The average molecular weight is 257 g/mol. The third kappa shape index (κ3) is 2.34. The second-order valence-electron chi connectivity index (χ2n) is 4.85. The summed E-state index contributed by atoms with van der Waals surface area (Å²) in [5.74, 6) is 1.49. The summed E-state index contributed by atoms with van der Waals surface area (Å²) in [5, 5.41) is 3.20. The Balaban J connectivity index is 2.10. The molecule has 2 nitrogen and oxygen atoms in total. The molecule has 0 unspecified atom stereocenters. The van der Waals surface area contributed by atoms with E-state index in [0.717, 1.165) is 24.3 Å². The second-order valence-corrected chi connectivity index (χ2v) is 4.85. The summed E-state index contributed by atoms with van der Waals surface area (Å²) >= 11 is 0. The molecule has 3 heteroatoms. The second kappa shape index (κ2) is 5.02. The summed E-state index contributed by atoms with van der Waals surface area (Å²) in [6, 6.07) is 12.8. The van der Waals surface area contributed by atoms with Crippen LogP contribution >= 0.6 is 0 Å². The van der Waals surface area contributed by atoms with Gasteiger partial charge >= 0.3 is 0 Å². The Kier molecular flexibility index (Phi) is 3.22. The van der Waals surface area contributed by atoms with Gasteiger partial charge in [-0.1, -0.05) is 24.3 Å². The molecule has 0 bridgehead atoms. The summed E-state index contributed by atoms with van der Waals surface area (Å²) < 4.78 is 19.3. The molecule has 3 rings (SSSR count). The lowest BCUT2D eigenvalue weighted by Gasteiger charge is -2.16. The summed E-state index contributed by atoms with van der Waals surface area (Å²) in [6.07, 6.45) is 0.898. The van der Waals surface area contributed by atoms with Crippen LogP contribution in [0.5, 0.6) is 11.5 Å². The van der Waals surface area contributed by atoms with Gasteiger partial charge in [0.2, 0.25) is 0 Å². The van der Waals surface area contributed by atoms with Crippen molar-refractivity contribution >= 4 is 0 Å². The van der Waals surface area contributed by atoms with E-state index in [1.54, 1.807) is 0 Å². The minimum absolute atomic E-state index is 0.263. The molecule has 0 radical (unpaired) electrons. The molecule has 1 aliphatic heterocycles. The van der Waals surface area contributed by atoms with Crippen LogP contribution < -0.4 is 10.1 Å². The predicted octanol–water partition coefficient (Wildman–Crippen LogP) is 3.48. The van der Waals surface area contributed by atoms with Crippen LogP contribution in [0.1, 0.15) is 17.0 Å². The smallest absolute Gasteiger partial charge is 0.133 e. The Bertz CT molecular complexity index is 597. The number of fused-ring (bicyclic) bond motifs is 2. The topological polar surface area (TPSA) is 21.3 Å². The number of rotatable bonds is 2. The Morgan fingerprint density at radius 3 is 2.89 bits per heavy atom. The van der Waals surface area contributed by atoms with Crippen molar-refractivity contribution < 1.29 is 9.13 Å². The van der Waals surface area contributed by atoms with Crippen LogP contribution in [-0.2, 0) is 6.42 Å². The van der Waals surface area contributed by atoms with Crippen LogP contribution in [-0.4, -0.2) is 13.6 Å². The third-order valence-electron chi connectivity index (χ3n) is 3.52. The van der Waals surface area contributed by atoms with E-state index in [0.29, 0.717) is 11.7 Å². The van der Waals surface area contributed by atoms with Crippen LogP contribution in [0.2, 0.25) is 0 Å². The van der Waals surface area contributed by atoms with Gasteiger partial charge in [-0.25, -0.2) is 4.39 Å². The number of likely N-dealkylation sites (N-methyl/N-ethyl adjacent to an activating group) is 1. The lowest BCUT2D eigenvalue weighted by atomic mass is 9.92. The summed E-state index contributed by atoms with van der Waals surface area (Å²) in [7, 11) is 1.93. The molecule has 0 spiro atoms. The van der Waals surface area contributed by atoms with E-state index in [1.165, 1.54) is 17.7 Å². The van der Waals surface area contributed by atoms with Crippen molar-refractivity contribution in [1.82, 2.24) is 5.32 Å². The van der Waals surface area contributed by atoms with Crippen molar-refractivity contribution in [1.29, 1.82) is 0 Å². The van der Waals surface area contributed by atoms with Gasteiger partial charge in [0.25, 0.3) is 0 Å². The Morgan fingerprint density at radius 1 is 1.21 bits per heavy atom. The minimum Gasteiger partial charge on any atom is -0.457 e. The normalized spacial score (nSPS) is 17.1. The number of hydrogen-bond acceptors (Lipinski definition) is 2. The summed E-state index contributed by atoms with van der Waals surface area (Å²) in [6.45, 7) is 0.844. The van der Waals surface area contributed by atoms with Gasteiger partial charge in [-0.3, -0.25) is 0 Å². The van der Waals surface area contributed by atoms with Crippen LogP contribution in [0.15, 0.2) is 42.5 Å². The number of halogens is 1. The van der Waals surface area contributed by atoms with Crippen LogP contribution in [0.3, 0.4) is 0 Å². The van der Waals surface area contributed by atoms with Gasteiger partial charge in [0.05, 0.1) is 0 Å². The van der Waals surface area contributed by atoms with Crippen LogP contribution in [0.25, 0.3) is 0 Å². The monoisotopic (exact) mass is 257 g/mol. The van der Waals surface area contributed by atoms with Gasteiger partial charge in [0.1, 0.15) is 17.3 Å². The zero-order valence-electron chi connectivity index (χ0n) is 10.8. The van der Waals surface area contributed by atoms with Crippen molar-refractivity contribution in [2.75, 3.05) is 13.6 Å². The molecular formula is C16H16FNO. The lowest BCUT2D eigenvalue weighted by Crippen LogP contribution is -2.18. The number of hydrogen-bond donors (Lipinski definition) is 1. The molecular weight excluding hydrogens is 241 g/mol. The molecule has 98 valence electrons. The highest BCUT2D eigenvalue weighted by Gasteiger charge is 2.23. The maximum atomic E-state index is 13.4. The van der Waals surface area contributed by atoms with E-state index in [-0.39, 0.29) is 5.82 Å². The van der Waals surface area contributed by atoms with Gasteiger partial charge < -0.3 is 10.1 Å². The van der Waals surface area contributed by atoms with Crippen molar-refractivity contribution in [2.45, 2.75) is 12.3 Å². The van der Waals surface area contributed by atoms with Gasteiger partial charge in [0.15, 0.2) is 0 Å². The largest absolute Gasteiger partial charge is 0.457 e. The molecule has 1 atom stereocenters. The maximum Gasteiger partial charge on any atom is 0.133 e. The summed E-state index contributed by atoms with van der Waals surface area (Å²) in [5.41, 5.74) is 2.23. The Morgan fingerprint density at radius 2 is 2.05 bits per heavy atom. The van der Waals surface area contributed by atoms with Gasteiger partial charge in [-0.05, 0) is 36.7 Å². The van der Waals surface area contributed by atoms with Gasteiger partial charge in [-0.2, -0.15) is 0 Å². The van der Waals surface area contributed by atoms with E-state index in [4.69, 9.17) is 4.74 Å². The first-order valence-electron chi connectivity index (χ1n) is 6.47. The van der Waals surface area contributed by atoms with Crippen molar-refractivity contribution in [3.63, 3.8) is 0 Å². The molecule has 1 N–H and O–H groups in total. The number of nitrogens with one attached hydrogen (secondary N) is 1. The summed E-state index contributed by atoms with van der Waals surface area (Å²) in [4.78, 5) is 0. The van der Waals surface area contributed by atoms with Crippen LogP contribution in [0.4, 0.5) is 4.39 Å². The van der Waals surface area contributed by atoms with Crippen molar-refractivity contribution in [2.24, 2.45) is 0 Å².